The molecule has 0 saturated heterocycles. The van der Waals surface area contributed by atoms with Crippen LogP contribution in [0.2, 0.25) is 0 Å². The van der Waals surface area contributed by atoms with Gasteiger partial charge in [-0.25, -0.2) is 8.42 Å². The van der Waals surface area contributed by atoms with Crippen molar-refractivity contribution in [1.29, 1.82) is 0 Å². The number of ether oxygens (including phenoxy) is 1. The summed E-state index contributed by atoms with van der Waals surface area (Å²) in [5, 5.41) is 3.07. The molecule has 1 aliphatic rings. The number of hydrogen-bond acceptors (Lipinski definition) is 5. The smallest absolute Gasteiger partial charge is 0.244 e. The SMILES string of the molecule is COc1ccc(CN(C(=O)CN(c2cccc(C)c2C)S(C)(=O)=O)C(C)C(=O)NC2CCCC2)cc1. The summed E-state index contributed by atoms with van der Waals surface area (Å²) in [5.41, 5.74) is 2.97. The molecule has 1 unspecified atom stereocenters. The van der Waals surface area contributed by atoms with Crippen molar-refractivity contribution in [3.8, 4) is 5.75 Å². The second-order valence-electron chi connectivity index (χ2n) is 9.52. The third-order valence-corrected chi connectivity index (χ3v) is 8.03. The van der Waals surface area contributed by atoms with Gasteiger partial charge in [0, 0.05) is 12.6 Å². The van der Waals surface area contributed by atoms with E-state index < -0.39 is 28.5 Å². The number of anilines is 1. The second-order valence-corrected chi connectivity index (χ2v) is 11.4. The number of benzene rings is 2. The maximum Gasteiger partial charge on any atom is 0.244 e. The van der Waals surface area contributed by atoms with E-state index >= 15 is 0 Å². The number of methoxy groups -OCH3 is 1. The highest BCUT2D eigenvalue weighted by molar-refractivity contribution is 7.92. The van der Waals surface area contributed by atoms with Gasteiger partial charge in [-0.05, 0) is 68.5 Å². The van der Waals surface area contributed by atoms with Crippen molar-refractivity contribution in [3.05, 3.63) is 59.2 Å². The molecule has 0 spiro atoms. The van der Waals surface area contributed by atoms with E-state index in [2.05, 4.69) is 5.32 Å². The molecule has 2 amide bonds. The fraction of sp³-hybridized carbons (Fsp3) is 0.481. The number of carbonyl (C=O) groups excluding carboxylic acids is 2. The summed E-state index contributed by atoms with van der Waals surface area (Å²) >= 11 is 0. The zero-order chi connectivity index (χ0) is 26.5. The van der Waals surface area contributed by atoms with Crippen LogP contribution in [0.3, 0.4) is 0 Å². The quantitative estimate of drug-likeness (QED) is 0.522. The third-order valence-electron chi connectivity index (χ3n) is 6.90. The van der Waals surface area contributed by atoms with E-state index in [9.17, 15) is 18.0 Å². The van der Waals surface area contributed by atoms with Crippen LogP contribution in [0.25, 0.3) is 0 Å². The van der Waals surface area contributed by atoms with Crippen LogP contribution in [0.1, 0.15) is 49.3 Å². The van der Waals surface area contributed by atoms with E-state index in [4.69, 9.17) is 4.74 Å². The zero-order valence-corrected chi connectivity index (χ0v) is 22.6. The van der Waals surface area contributed by atoms with Gasteiger partial charge >= 0.3 is 0 Å². The first-order chi connectivity index (χ1) is 17.0. The largest absolute Gasteiger partial charge is 0.497 e. The minimum Gasteiger partial charge on any atom is -0.497 e. The lowest BCUT2D eigenvalue weighted by Crippen LogP contribution is -2.52. The lowest BCUT2D eigenvalue weighted by molar-refractivity contribution is -0.139. The van der Waals surface area contributed by atoms with Gasteiger partial charge in [0.1, 0.15) is 18.3 Å². The molecule has 2 aromatic rings. The Morgan fingerprint density at radius 3 is 2.31 bits per heavy atom. The van der Waals surface area contributed by atoms with Crippen molar-refractivity contribution in [3.63, 3.8) is 0 Å². The summed E-state index contributed by atoms with van der Waals surface area (Å²) in [4.78, 5) is 28.3. The fourth-order valence-corrected chi connectivity index (χ4v) is 5.40. The first kappa shape index (κ1) is 27.5. The first-order valence-electron chi connectivity index (χ1n) is 12.3. The highest BCUT2D eigenvalue weighted by Crippen LogP contribution is 2.26. The Morgan fingerprint density at radius 2 is 1.72 bits per heavy atom. The highest BCUT2D eigenvalue weighted by Gasteiger charge is 2.31. The second kappa shape index (κ2) is 11.8. The van der Waals surface area contributed by atoms with Crippen LogP contribution < -0.4 is 14.4 Å². The summed E-state index contributed by atoms with van der Waals surface area (Å²) in [6.45, 7) is 5.17. The first-order valence-corrected chi connectivity index (χ1v) is 14.1. The van der Waals surface area contributed by atoms with Crippen LogP contribution in [0.4, 0.5) is 5.69 Å². The minimum atomic E-state index is -3.76. The number of hydrogen-bond donors (Lipinski definition) is 1. The minimum absolute atomic E-state index is 0.111. The van der Waals surface area contributed by atoms with Crippen LogP contribution in [-0.2, 0) is 26.2 Å². The van der Waals surface area contributed by atoms with Gasteiger partial charge in [-0.15, -0.1) is 0 Å². The summed E-state index contributed by atoms with van der Waals surface area (Å²) in [6, 6.07) is 11.9. The molecule has 196 valence electrons. The molecular weight excluding hydrogens is 478 g/mol. The molecule has 1 aliphatic carbocycles. The van der Waals surface area contributed by atoms with Crippen LogP contribution in [0.5, 0.6) is 5.75 Å². The van der Waals surface area contributed by atoms with Crippen LogP contribution in [0, 0.1) is 13.8 Å². The molecule has 1 atom stereocenters. The summed E-state index contributed by atoms with van der Waals surface area (Å²) in [6.07, 6.45) is 5.10. The maximum atomic E-state index is 13.7. The monoisotopic (exact) mass is 515 g/mol. The Labute approximate surface area is 214 Å². The summed E-state index contributed by atoms with van der Waals surface area (Å²) < 4.78 is 31.9. The molecule has 1 saturated carbocycles. The van der Waals surface area contributed by atoms with Crippen molar-refractivity contribution >= 4 is 27.5 Å². The number of amides is 2. The van der Waals surface area contributed by atoms with Gasteiger partial charge in [-0.3, -0.25) is 13.9 Å². The van der Waals surface area contributed by atoms with Crippen LogP contribution >= 0.6 is 0 Å². The Balaban J connectivity index is 1.90. The molecule has 0 heterocycles. The van der Waals surface area contributed by atoms with E-state index in [1.807, 2.05) is 32.0 Å². The number of rotatable bonds is 10. The average Bonchev–Trinajstić information content (AvgIpc) is 3.35. The number of sulfonamides is 1. The van der Waals surface area contributed by atoms with E-state index in [1.165, 1.54) is 4.90 Å². The Bertz CT molecular complexity index is 1170. The molecule has 1 N–H and O–H groups in total. The van der Waals surface area contributed by atoms with Crippen molar-refractivity contribution in [1.82, 2.24) is 10.2 Å². The molecule has 0 radical (unpaired) electrons. The average molecular weight is 516 g/mol. The molecule has 0 aromatic heterocycles. The van der Waals surface area contributed by atoms with Crippen molar-refractivity contribution in [2.75, 3.05) is 24.2 Å². The molecule has 9 heteroatoms. The molecule has 8 nitrogen and oxygen atoms in total. The summed E-state index contributed by atoms with van der Waals surface area (Å²) in [5.74, 6) is -0.00514. The van der Waals surface area contributed by atoms with Gasteiger partial charge in [0.05, 0.1) is 19.1 Å². The molecule has 36 heavy (non-hydrogen) atoms. The topological polar surface area (TPSA) is 96.0 Å². The number of nitrogens with one attached hydrogen (secondary N) is 1. The molecular formula is C27H37N3O5S. The van der Waals surface area contributed by atoms with Gasteiger partial charge < -0.3 is 15.0 Å². The molecule has 1 fully saturated rings. The standard InChI is InChI=1S/C27H37N3O5S/c1-19-9-8-12-25(20(19)2)30(36(5,33)34)18-26(31)29(17-22-13-15-24(35-4)16-14-22)21(3)27(32)28-23-10-6-7-11-23/h8-9,12-16,21,23H,6-7,10-11,17-18H2,1-5H3,(H,28,32). The lowest BCUT2D eigenvalue weighted by Gasteiger charge is -2.32. The van der Waals surface area contributed by atoms with E-state index in [0.29, 0.717) is 11.4 Å². The lowest BCUT2D eigenvalue weighted by atomic mass is 10.1. The van der Waals surface area contributed by atoms with Gasteiger partial charge in [0.15, 0.2) is 0 Å². The molecule has 2 aromatic carbocycles. The number of aryl methyl sites for hydroxylation is 1. The zero-order valence-electron chi connectivity index (χ0n) is 21.8. The van der Waals surface area contributed by atoms with Gasteiger partial charge in [-0.1, -0.05) is 37.1 Å². The number of carbonyl (C=O) groups is 2. The van der Waals surface area contributed by atoms with Gasteiger partial charge in [0.2, 0.25) is 21.8 Å². The Morgan fingerprint density at radius 1 is 1.08 bits per heavy atom. The highest BCUT2D eigenvalue weighted by atomic mass is 32.2. The molecule has 0 aliphatic heterocycles. The predicted molar refractivity (Wildman–Crippen MR) is 142 cm³/mol. The third kappa shape index (κ3) is 6.78. The Kier molecular flexibility index (Phi) is 9.00. The van der Waals surface area contributed by atoms with E-state index in [1.54, 1.807) is 38.3 Å². The molecule has 3 rings (SSSR count). The molecule has 0 bridgehead atoms. The van der Waals surface area contributed by atoms with Crippen LogP contribution in [0.15, 0.2) is 42.5 Å². The summed E-state index contributed by atoms with van der Waals surface area (Å²) in [7, 11) is -2.19. The van der Waals surface area contributed by atoms with Gasteiger partial charge in [0.25, 0.3) is 0 Å². The number of nitrogens with zero attached hydrogens (tertiary/aromatic N) is 2. The van der Waals surface area contributed by atoms with E-state index in [-0.39, 0.29) is 18.5 Å². The van der Waals surface area contributed by atoms with Crippen LogP contribution in [-0.4, -0.2) is 57.1 Å². The fourth-order valence-electron chi connectivity index (χ4n) is 4.50. The predicted octanol–water partition coefficient (Wildman–Crippen LogP) is 3.55. The maximum absolute atomic E-state index is 13.7. The van der Waals surface area contributed by atoms with Crippen molar-refractivity contribution < 1.29 is 22.7 Å². The van der Waals surface area contributed by atoms with Gasteiger partial charge in [-0.2, -0.15) is 0 Å². The van der Waals surface area contributed by atoms with Crippen molar-refractivity contribution in [2.45, 2.75) is 65.1 Å². The normalized spacial score (nSPS) is 14.8. The Hall–Kier alpha value is -3.07. The van der Waals surface area contributed by atoms with E-state index in [0.717, 1.165) is 52.9 Å². The van der Waals surface area contributed by atoms with Crippen molar-refractivity contribution in [2.24, 2.45) is 0 Å².